The SMILES string of the molecule is O=C(Cl)c1ccccc1.c1cn[nH]c1. The van der Waals surface area contributed by atoms with Crippen molar-refractivity contribution in [2.24, 2.45) is 0 Å². The van der Waals surface area contributed by atoms with Gasteiger partial charge >= 0.3 is 0 Å². The average Bonchev–Trinajstić information content (AvgIpc) is 2.77. The molecule has 14 heavy (non-hydrogen) atoms. The molecular formula is C10H9ClN2O. The van der Waals surface area contributed by atoms with Crippen molar-refractivity contribution in [2.75, 3.05) is 0 Å². The summed E-state index contributed by atoms with van der Waals surface area (Å²) in [6, 6.07) is 10.6. The molecule has 0 spiro atoms. The lowest BCUT2D eigenvalue weighted by molar-refractivity contribution is 0.108. The quantitative estimate of drug-likeness (QED) is 0.732. The largest absolute Gasteiger partial charge is 0.286 e. The first kappa shape index (κ1) is 10.5. The number of rotatable bonds is 1. The predicted molar refractivity (Wildman–Crippen MR) is 55.2 cm³/mol. The lowest BCUT2D eigenvalue weighted by Crippen LogP contribution is -1.84. The van der Waals surface area contributed by atoms with Gasteiger partial charge < -0.3 is 0 Å². The fourth-order valence-electron chi connectivity index (χ4n) is 0.784. The number of benzene rings is 1. The van der Waals surface area contributed by atoms with Crippen molar-refractivity contribution in [3.05, 3.63) is 54.4 Å². The van der Waals surface area contributed by atoms with E-state index < -0.39 is 5.24 Å². The first-order chi connectivity index (χ1) is 6.80. The number of nitrogens with zero attached hydrogens (tertiary/aromatic N) is 1. The zero-order chi connectivity index (χ0) is 10.2. The molecule has 0 aliphatic carbocycles. The summed E-state index contributed by atoms with van der Waals surface area (Å²) in [4.78, 5) is 10.4. The van der Waals surface area contributed by atoms with E-state index in [4.69, 9.17) is 11.6 Å². The average molecular weight is 209 g/mol. The van der Waals surface area contributed by atoms with Crippen LogP contribution in [0.1, 0.15) is 10.4 Å². The van der Waals surface area contributed by atoms with E-state index >= 15 is 0 Å². The summed E-state index contributed by atoms with van der Waals surface area (Å²) < 4.78 is 0. The van der Waals surface area contributed by atoms with Crippen LogP contribution < -0.4 is 0 Å². The Morgan fingerprint density at radius 3 is 2.21 bits per heavy atom. The third-order valence-electron chi connectivity index (χ3n) is 1.41. The molecule has 0 unspecified atom stereocenters. The molecule has 0 fully saturated rings. The first-order valence-electron chi connectivity index (χ1n) is 3.99. The van der Waals surface area contributed by atoms with Crippen LogP contribution in [0, 0.1) is 0 Å². The van der Waals surface area contributed by atoms with Crippen LogP contribution in [0.3, 0.4) is 0 Å². The summed E-state index contributed by atoms with van der Waals surface area (Å²) in [5.74, 6) is 0. The van der Waals surface area contributed by atoms with Gasteiger partial charge in [-0.1, -0.05) is 30.3 Å². The highest BCUT2D eigenvalue weighted by Crippen LogP contribution is 2.01. The molecule has 1 heterocycles. The van der Waals surface area contributed by atoms with E-state index in [0.29, 0.717) is 5.56 Å². The molecule has 1 aromatic carbocycles. The Labute approximate surface area is 86.7 Å². The summed E-state index contributed by atoms with van der Waals surface area (Å²) >= 11 is 5.16. The normalized spacial score (nSPS) is 8.64. The van der Waals surface area contributed by atoms with E-state index in [1.54, 1.807) is 36.7 Å². The van der Waals surface area contributed by atoms with Gasteiger partial charge in [0.1, 0.15) is 0 Å². The molecule has 1 aromatic heterocycles. The Balaban J connectivity index is 0.000000165. The highest BCUT2D eigenvalue weighted by atomic mass is 35.5. The molecule has 72 valence electrons. The first-order valence-corrected chi connectivity index (χ1v) is 4.37. The van der Waals surface area contributed by atoms with Gasteiger partial charge in [-0.3, -0.25) is 9.89 Å². The van der Waals surface area contributed by atoms with Gasteiger partial charge in [-0.15, -0.1) is 0 Å². The number of carbonyl (C=O) groups excluding carboxylic acids is 1. The monoisotopic (exact) mass is 208 g/mol. The predicted octanol–water partition coefficient (Wildman–Crippen LogP) is 2.48. The molecule has 0 amide bonds. The molecule has 0 bridgehead atoms. The summed E-state index contributed by atoms with van der Waals surface area (Å²) in [5.41, 5.74) is 0.541. The smallest absolute Gasteiger partial charge is 0.252 e. The minimum atomic E-state index is -0.407. The van der Waals surface area contributed by atoms with Crippen LogP contribution in [-0.4, -0.2) is 15.4 Å². The van der Waals surface area contributed by atoms with E-state index in [1.165, 1.54) is 0 Å². The zero-order valence-electron chi connectivity index (χ0n) is 7.35. The van der Waals surface area contributed by atoms with E-state index in [2.05, 4.69) is 10.2 Å². The maximum absolute atomic E-state index is 10.4. The number of hydrogen-bond acceptors (Lipinski definition) is 2. The van der Waals surface area contributed by atoms with Gasteiger partial charge in [0.05, 0.1) is 0 Å². The van der Waals surface area contributed by atoms with Crippen molar-refractivity contribution in [3.63, 3.8) is 0 Å². The molecule has 0 atom stereocenters. The zero-order valence-corrected chi connectivity index (χ0v) is 8.11. The maximum atomic E-state index is 10.4. The fraction of sp³-hybridized carbons (Fsp3) is 0. The highest BCUT2D eigenvalue weighted by molar-refractivity contribution is 6.67. The van der Waals surface area contributed by atoms with Crippen LogP contribution in [0.5, 0.6) is 0 Å². The minimum Gasteiger partial charge on any atom is -0.286 e. The van der Waals surface area contributed by atoms with Gasteiger partial charge in [0.15, 0.2) is 0 Å². The van der Waals surface area contributed by atoms with Gasteiger partial charge in [-0.25, -0.2) is 0 Å². The summed E-state index contributed by atoms with van der Waals surface area (Å²) in [5, 5.41) is 5.80. The molecule has 0 saturated carbocycles. The number of hydrogen-bond donors (Lipinski definition) is 1. The van der Waals surface area contributed by atoms with Crippen molar-refractivity contribution >= 4 is 16.8 Å². The van der Waals surface area contributed by atoms with Crippen molar-refractivity contribution in [1.29, 1.82) is 0 Å². The number of halogens is 1. The van der Waals surface area contributed by atoms with Crippen LogP contribution in [0.4, 0.5) is 0 Å². The summed E-state index contributed by atoms with van der Waals surface area (Å²) in [6.45, 7) is 0. The molecule has 4 heteroatoms. The standard InChI is InChI=1S/C7H5ClO.C3H4N2/c8-7(9)6-4-2-1-3-5-6;1-2-4-5-3-1/h1-5H;1-3H,(H,4,5). The molecule has 0 aliphatic heterocycles. The third kappa shape index (κ3) is 3.87. The molecule has 0 aliphatic rings. The van der Waals surface area contributed by atoms with E-state index in [0.717, 1.165) is 0 Å². The van der Waals surface area contributed by atoms with Gasteiger partial charge in [-0.2, -0.15) is 5.10 Å². The molecule has 2 rings (SSSR count). The fourth-order valence-corrected chi connectivity index (χ4v) is 0.910. The Hall–Kier alpha value is -1.61. The van der Waals surface area contributed by atoms with Crippen LogP contribution in [0.25, 0.3) is 0 Å². The topological polar surface area (TPSA) is 45.8 Å². The lowest BCUT2D eigenvalue weighted by Gasteiger charge is -1.87. The molecule has 2 aromatic rings. The van der Waals surface area contributed by atoms with Crippen molar-refractivity contribution in [3.8, 4) is 0 Å². The Morgan fingerprint density at radius 2 is 1.93 bits per heavy atom. The number of nitrogens with one attached hydrogen (secondary N) is 1. The molecule has 0 saturated heterocycles. The third-order valence-corrected chi connectivity index (χ3v) is 1.62. The van der Waals surface area contributed by atoms with E-state index in [-0.39, 0.29) is 0 Å². The van der Waals surface area contributed by atoms with Crippen molar-refractivity contribution in [1.82, 2.24) is 10.2 Å². The number of H-pyrrole nitrogens is 1. The van der Waals surface area contributed by atoms with Crippen LogP contribution in [-0.2, 0) is 0 Å². The number of carbonyl (C=O) groups is 1. The Kier molecular flexibility index (Phi) is 4.44. The minimum absolute atomic E-state index is 0.407. The van der Waals surface area contributed by atoms with E-state index in [1.807, 2.05) is 12.1 Å². The molecule has 3 nitrogen and oxygen atoms in total. The van der Waals surface area contributed by atoms with E-state index in [9.17, 15) is 4.79 Å². The molecule has 1 N–H and O–H groups in total. The van der Waals surface area contributed by atoms with Gasteiger partial charge in [0.25, 0.3) is 5.24 Å². The number of aromatic amines is 1. The summed E-state index contributed by atoms with van der Waals surface area (Å²) in [7, 11) is 0. The second-order valence-electron chi connectivity index (χ2n) is 2.41. The van der Waals surface area contributed by atoms with Gasteiger partial charge in [0.2, 0.25) is 0 Å². The van der Waals surface area contributed by atoms with Crippen molar-refractivity contribution < 1.29 is 4.79 Å². The van der Waals surface area contributed by atoms with Crippen LogP contribution >= 0.6 is 11.6 Å². The molecule has 0 radical (unpaired) electrons. The second kappa shape index (κ2) is 5.94. The Bertz CT molecular complexity index is 342. The Morgan fingerprint density at radius 1 is 1.21 bits per heavy atom. The summed E-state index contributed by atoms with van der Waals surface area (Å²) in [6.07, 6.45) is 3.46. The van der Waals surface area contributed by atoms with Gasteiger partial charge in [0, 0.05) is 18.0 Å². The number of aromatic nitrogens is 2. The van der Waals surface area contributed by atoms with Crippen LogP contribution in [0.2, 0.25) is 0 Å². The molecular weight excluding hydrogens is 200 g/mol. The van der Waals surface area contributed by atoms with Gasteiger partial charge in [-0.05, 0) is 17.7 Å². The van der Waals surface area contributed by atoms with Crippen molar-refractivity contribution in [2.45, 2.75) is 0 Å². The lowest BCUT2D eigenvalue weighted by atomic mass is 10.2. The van der Waals surface area contributed by atoms with Crippen LogP contribution in [0.15, 0.2) is 48.8 Å². The maximum Gasteiger partial charge on any atom is 0.252 e. The highest BCUT2D eigenvalue weighted by Gasteiger charge is 1.95. The second-order valence-corrected chi connectivity index (χ2v) is 2.75.